The molecule has 4 rings (SSSR count). The fraction of sp³-hybridized carbons (Fsp3) is 0.452. The van der Waals surface area contributed by atoms with E-state index in [4.69, 9.17) is 40.8 Å². The first-order chi connectivity index (χ1) is 21.0. The highest BCUT2D eigenvalue weighted by atomic mass is 35.5. The molecule has 3 N–H and O–H groups in total. The zero-order valence-corrected chi connectivity index (χ0v) is 27.4. The van der Waals surface area contributed by atoms with Crippen LogP contribution in [0.25, 0.3) is 21.9 Å². The van der Waals surface area contributed by atoms with Crippen molar-refractivity contribution in [2.75, 3.05) is 18.9 Å². The Morgan fingerprint density at radius 3 is 2.50 bits per heavy atom. The van der Waals surface area contributed by atoms with E-state index in [1.165, 1.54) is 0 Å². The van der Waals surface area contributed by atoms with E-state index in [1.807, 2.05) is 31.2 Å². The van der Waals surface area contributed by atoms with Gasteiger partial charge in [-0.1, -0.05) is 49.6 Å². The Balaban J connectivity index is 1.76. The summed E-state index contributed by atoms with van der Waals surface area (Å²) >= 11 is 6.05. The molecule has 4 aromatic rings. The minimum atomic E-state index is -4.15. The van der Waals surface area contributed by atoms with Crippen LogP contribution in [0.4, 0.5) is 5.82 Å². The molecule has 0 amide bonds. The Bertz CT molecular complexity index is 1610. The molecule has 3 atom stereocenters. The lowest BCUT2D eigenvalue weighted by molar-refractivity contribution is -0.149. The van der Waals surface area contributed by atoms with E-state index in [9.17, 15) is 9.36 Å². The molecule has 0 bridgehead atoms. The summed E-state index contributed by atoms with van der Waals surface area (Å²) in [6.45, 7) is 9.73. The summed E-state index contributed by atoms with van der Waals surface area (Å²) in [7, 11) is -4.15. The maximum Gasteiger partial charge on any atom is 0.459 e. The number of benzene rings is 2. The Hall–Kier alpha value is -3.21. The van der Waals surface area contributed by atoms with Crippen molar-refractivity contribution in [3.63, 3.8) is 0 Å². The van der Waals surface area contributed by atoms with Gasteiger partial charge in [-0.25, -0.2) is 14.5 Å². The molecule has 2 aromatic heterocycles. The fourth-order valence-electron chi connectivity index (χ4n) is 4.82. The second kappa shape index (κ2) is 15.2. The third-order valence-corrected chi connectivity index (χ3v) is 8.75. The van der Waals surface area contributed by atoms with Crippen LogP contribution in [0.3, 0.4) is 0 Å². The number of nitrogens with one attached hydrogen (secondary N) is 1. The zero-order valence-electron chi connectivity index (χ0n) is 25.8. The number of imidazole rings is 1. The summed E-state index contributed by atoms with van der Waals surface area (Å²) in [5, 5.41) is 4.13. The van der Waals surface area contributed by atoms with Gasteiger partial charge in [-0.3, -0.25) is 9.32 Å². The monoisotopic (exact) mass is 645 g/mol. The highest BCUT2D eigenvalue weighted by Gasteiger charge is 2.34. The molecule has 11 nitrogen and oxygen atoms in total. The Morgan fingerprint density at radius 1 is 1.09 bits per heavy atom. The number of unbranched alkanes of at least 4 members (excludes halogenated alkanes) is 1. The van der Waals surface area contributed by atoms with Gasteiger partial charge in [0.25, 0.3) is 0 Å². The number of esters is 1. The molecule has 44 heavy (non-hydrogen) atoms. The third-order valence-electron chi connectivity index (χ3n) is 6.85. The predicted octanol–water partition coefficient (Wildman–Crippen LogP) is 7.22. The number of para-hydroxylation sites is 1. The van der Waals surface area contributed by atoms with Gasteiger partial charge in [-0.15, -0.1) is 0 Å². The van der Waals surface area contributed by atoms with Gasteiger partial charge in [0.2, 0.25) is 0 Å². The largest absolute Gasteiger partial charge is 0.462 e. The molecule has 238 valence electrons. The lowest BCUT2D eigenvalue weighted by atomic mass is 10.1. The first-order valence-corrected chi connectivity index (χ1v) is 16.8. The number of nitrogen functional groups attached to an aromatic ring is 1. The minimum Gasteiger partial charge on any atom is -0.462 e. The quantitative estimate of drug-likeness (QED) is 0.0948. The smallest absolute Gasteiger partial charge is 0.459 e. The standard InChI is InChI=1S/C31H41ClN5O6P/c1-6-8-11-23(37-27(19-40-7-2)35-28-29(37)25-12-9-10-13-26(25)34-30(28)33)18-41-44(39,36-21(5)31(38)42-20(3)4)43-24-16-14-22(32)15-17-24/h9-10,12-17,20-21,23H,6-8,11,18-19H2,1-5H3,(H2,33,34)(H,36,39)/t21-,23-,44-/m0/s1. The summed E-state index contributed by atoms with van der Waals surface area (Å²) in [5.41, 5.74) is 8.49. The molecule has 2 heterocycles. The van der Waals surface area contributed by atoms with Crippen molar-refractivity contribution in [1.82, 2.24) is 19.6 Å². The molecule has 0 spiro atoms. The van der Waals surface area contributed by atoms with Crippen LogP contribution < -0.4 is 15.3 Å². The van der Waals surface area contributed by atoms with E-state index in [2.05, 4.69) is 21.6 Å². The molecule has 13 heteroatoms. The molecule has 0 unspecified atom stereocenters. The van der Waals surface area contributed by atoms with Crippen LogP contribution in [0, 0.1) is 0 Å². The molecule has 0 aliphatic carbocycles. The third kappa shape index (κ3) is 8.28. The highest BCUT2D eigenvalue weighted by Crippen LogP contribution is 2.46. The SMILES string of the molecule is CCCC[C@@H](CO[P@@](=O)(N[C@@H](C)C(=O)OC(C)C)Oc1ccc(Cl)cc1)n1c(COCC)nc2c(N)nc3ccccc3c21. The van der Waals surface area contributed by atoms with Crippen molar-refractivity contribution in [3.8, 4) is 5.75 Å². The van der Waals surface area contributed by atoms with Crippen LogP contribution >= 0.6 is 19.3 Å². The van der Waals surface area contributed by atoms with Crippen LogP contribution in [0.1, 0.15) is 65.7 Å². The maximum atomic E-state index is 14.3. The van der Waals surface area contributed by atoms with E-state index in [-0.39, 0.29) is 31.1 Å². The molecular weight excluding hydrogens is 605 g/mol. The molecular formula is C31H41ClN5O6P. The number of aromatic nitrogens is 3. The van der Waals surface area contributed by atoms with Crippen molar-refractivity contribution in [1.29, 1.82) is 0 Å². The number of hydrogen-bond donors (Lipinski definition) is 2. The maximum absolute atomic E-state index is 14.3. The van der Waals surface area contributed by atoms with Gasteiger partial charge in [0, 0.05) is 17.0 Å². The first-order valence-electron chi connectivity index (χ1n) is 14.9. The van der Waals surface area contributed by atoms with Crippen molar-refractivity contribution in [2.45, 2.75) is 78.7 Å². The number of fused-ring (bicyclic) bond motifs is 3. The van der Waals surface area contributed by atoms with Gasteiger partial charge in [0.1, 0.15) is 29.7 Å². The van der Waals surface area contributed by atoms with Crippen molar-refractivity contribution >= 4 is 53.1 Å². The van der Waals surface area contributed by atoms with Gasteiger partial charge in [-0.2, -0.15) is 5.09 Å². The molecule has 0 saturated heterocycles. The van der Waals surface area contributed by atoms with Gasteiger partial charge in [0.05, 0.1) is 29.8 Å². The van der Waals surface area contributed by atoms with Gasteiger partial charge >= 0.3 is 13.7 Å². The predicted molar refractivity (Wildman–Crippen MR) is 173 cm³/mol. The number of nitrogens with two attached hydrogens (primary N) is 1. The van der Waals surface area contributed by atoms with E-state index >= 15 is 0 Å². The number of carbonyl (C=O) groups is 1. The second-order valence-corrected chi connectivity index (χ2v) is 12.8. The Morgan fingerprint density at radius 2 is 1.82 bits per heavy atom. The minimum absolute atomic E-state index is 0.0368. The number of ether oxygens (including phenoxy) is 2. The fourth-order valence-corrected chi connectivity index (χ4v) is 6.47. The first kappa shape index (κ1) is 33.7. The lowest BCUT2D eigenvalue weighted by Crippen LogP contribution is -2.36. The lowest BCUT2D eigenvalue weighted by Gasteiger charge is -2.27. The van der Waals surface area contributed by atoms with Crippen molar-refractivity contribution < 1.29 is 27.9 Å². The Kier molecular flexibility index (Phi) is 11.6. The average molecular weight is 646 g/mol. The molecule has 0 aliphatic heterocycles. The number of anilines is 1. The molecule has 0 radical (unpaired) electrons. The summed E-state index contributed by atoms with van der Waals surface area (Å²) in [5.74, 6) is 0.628. The number of rotatable bonds is 16. The summed E-state index contributed by atoms with van der Waals surface area (Å²) in [4.78, 5) is 22.1. The molecule has 0 saturated carbocycles. The van der Waals surface area contributed by atoms with Gasteiger partial charge in [0.15, 0.2) is 5.82 Å². The van der Waals surface area contributed by atoms with E-state index < -0.39 is 19.8 Å². The normalized spacial score (nSPS) is 14.5. The van der Waals surface area contributed by atoms with Crippen LogP contribution in [-0.4, -0.2) is 45.9 Å². The van der Waals surface area contributed by atoms with E-state index in [1.54, 1.807) is 45.0 Å². The van der Waals surface area contributed by atoms with E-state index in [0.29, 0.717) is 35.2 Å². The summed E-state index contributed by atoms with van der Waals surface area (Å²) in [6.07, 6.45) is 2.10. The average Bonchev–Trinajstić information content (AvgIpc) is 3.37. The molecule has 0 aliphatic rings. The number of pyridine rings is 1. The van der Waals surface area contributed by atoms with Crippen LogP contribution in [0.2, 0.25) is 5.02 Å². The molecule has 2 aromatic carbocycles. The second-order valence-electron chi connectivity index (χ2n) is 10.7. The number of halogens is 1. The zero-order chi connectivity index (χ0) is 31.9. The van der Waals surface area contributed by atoms with Gasteiger partial charge < -0.3 is 24.3 Å². The summed E-state index contributed by atoms with van der Waals surface area (Å²) < 4.78 is 39.6. The number of carbonyl (C=O) groups excluding carboxylic acids is 1. The number of nitrogens with zero attached hydrogens (tertiary/aromatic N) is 3. The van der Waals surface area contributed by atoms with Gasteiger partial charge in [-0.05, 0) is 64.4 Å². The Labute approximate surface area is 263 Å². The van der Waals surface area contributed by atoms with Crippen molar-refractivity contribution in [2.24, 2.45) is 0 Å². The van der Waals surface area contributed by atoms with Crippen LogP contribution in [0.5, 0.6) is 5.75 Å². The molecule has 0 fully saturated rings. The number of hydrogen-bond acceptors (Lipinski definition) is 9. The van der Waals surface area contributed by atoms with E-state index in [0.717, 1.165) is 29.3 Å². The van der Waals surface area contributed by atoms with Crippen LogP contribution in [-0.2, 0) is 30.0 Å². The van der Waals surface area contributed by atoms with Crippen molar-refractivity contribution in [3.05, 3.63) is 59.4 Å². The summed E-state index contributed by atoms with van der Waals surface area (Å²) in [6, 6.07) is 12.8. The van der Waals surface area contributed by atoms with Crippen LogP contribution in [0.15, 0.2) is 48.5 Å². The topological polar surface area (TPSA) is 140 Å². The highest BCUT2D eigenvalue weighted by molar-refractivity contribution is 7.52.